The van der Waals surface area contributed by atoms with Crippen LogP contribution in [0.15, 0.2) is 4.42 Å². The van der Waals surface area contributed by atoms with Gasteiger partial charge in [0.2, 0.25) is 0 Å². The first-order valence-corrected chi connectivity index (χ1v) is 4.42. The van der Waals surface area contributed by atoms with Gasteiger partial charge in [-0.2, -0.15) is 0 Å². The summed E-state index contributed by atoms with van der Waals surface area (Å²) in [6.07, 6.45) is 0. The maximum absolute atomic E-state index is 5.22. The largest absolute Gasteiger partial charge is 0.464 e. The summed E-state index contributed by atoms with van der Waals surface area (Å²) in [5.74, 6) is 0.940. The molecule has 13 heavy (non-hydrogen) atoms. The maximum Gasteiger partial charge on any atom is 0.316 e. The summed E-state index contributed by atoms with van der Waals surface area (Å²) in [6.45, 7) is 4.17. The molecule has 4 nitrogen and oxygen atoms in total. The summed E-state index contributed by atoms with van der Waals surface area (Å²) in [7, 11) is 1.74. The van der Waals surface area contributed by atoms with Crippen LogP contribution in [0.1, 0.15) is 18.5 Å². The molecule has 0 saturated carbocycles. The van der Waals surface area contributed by atoms with Gasteiger partial charge in [-0.25, -0.2) is 4.98 Å². The third-order valence-corrected chi connectivity index (χ3v) is 1.82. The number of ether oxygens (including phenoxy) is 1. The molecule has 0 aliphatic rings. The molecule has 0 amide bonds. The minimum absolute atomic E-state index is 0.388. The number of aromatic nitrogens is 1. The minimum Gasteiger partial charge on any atom is -0.464 e. The summed E-state index contributed by atoms with van der Waals surface area (Å²) in [4.78, 5) is 4.63. The van der Waals surface area contributed by atoms with E-state index in [1.54, 1.807) is 14.0 Å². The van der Waals surface area contributed by atoms with Crippen molar-refractivity contribution in [2.24, 2.45) is 0 Å². The van der Waals surface area contributed by atoms with E-state index < -0.39 is 0 Å². The Morgan fingerprint density at radius 1 is 1.69 bits per heavy atom. The lowest BCUT2D eigenvalue weighted by molar-refractivity contribution is 0.252. The molecule has 1 N–H and O–H groups in total. The van der Waals surface area contributed by atoms with Crippen LogP contribution in [0.3, 0.4) is 0 Å². The van der Waals surface area contributed by atoms with Crippen LogP contribution in [-0.2, 0) is 0 Å². The maximum atomic E-state index is 5.22. The van der Waals surface area contributed by atoms with Gasteiger partial charge in [-0.1, -0.05) is 12.2 Å². The van der Waals surface area contributed by atoms with E-state index in [0.29, 0.717) is 29.1 Å². The van der Waals surface area contributed by atoms with Gasteiger partial charge < -0.3 is 14.5 Å². The van der Waals surface area contributed by atoms with E-state index in [9.17, 15) is 0 Å². The predicted octanol–water partition coefficient (Wildman–Crippen LogP) is 1.28. The Balaban J connectivity index is 2.96. The highest BCUT2D eigenvalue weighted by atomic mass is 32.1. The molecule has 0 unspecified atom stereocenters. The number of nitrogens with zero attached hydrogens (tertiary/aromatic N) is 1. The molecule has 0 aliphatic carbocycles. The van der Waals surface area contributed by atoms with Crippen molar-refractivity contribution < 1.29 is 9.15 Å². The molecular formula is C8H12N2O2S. The zero-order chi connectivity index (χ0) is 9.84. The van der Waals surface area contributed by atoms with Gasteiger partial charge in [-0.05, 0) is 6.92 Å². The van der Waals surface area contributed by atoms with Crippen molar-refractivity contribution in [2.45, 2.75) is 13.8 Å². The van der Waals surface area contributed by atoms with E-state index in [-0.39, 0.29) is 0 Å². The van der Waals surface area contributed by atoms with Crippen LogP contribution in [0.25, 0.3) is 0 Å². The topological polar surface area (TPSA) is 47.3 Å². The van der Waals surface area contributed by atoms with Crippen LogP contribution >= 0.6 is 12.2 Å². The lowest BCUT2D eigenvalue weighted by Crippen LogP contribution is -2.17. The molecule has 0 radical (unpaired) electrons. The van der Waals surface area contributed by atoms with E-state index >= 15 is 0 Å². The van der Waals surface area contributed by atoms with Gasteiger partial charge in [0.1, 0.15) is 4.99 Å². The van der Waals surface area contributed by atoms with Crippen molar-refractivity contribution in [3.05, 3.63) is 11.6 Å². The first-order valence-electron chi connectivity index (χ1n) is 4.01. The Labute approximate surface area is 82.3 Å². The Hall–Kier alpha value is -1.10. The fourth-order valence-corrected chi connectivity index (χ4v) is 1.03. The average Bonchev–Trinajstić information content (AvgIpc) is 2.46. The van der Waals surface area contributed by atoms with E-state index in [0.717, 1.165) is 0 Å². The van der Waals surface area contributed by atoms with Crippen molar-refractivity contribution in [3.63, 3.8) is 0 Å². The van der Waals surface area contributed by atoms with Crippen LogP contribution in [0.4, 0.5) is 0 Å². The molecule has 72 valence electrons. The van der Waals surface area contributed by atoms with Gasteiger partial charge in [-0.3, -0.25) is 0 Å². The Morgan fingerprint density at radius 2 is 2.38 bits per heavy atom. The summed E-state index contributed by atoms with van der Waals surface area (Å²) >= 11 is 5.02. The van der Waals surface area contributed by atoms with Crippen molar-refractivity contribution in [2.75, 3.05) is 13.7 Å². The highest BCUT2D eigenvalue weighted by Crippen LogP contribution is 2.19. The number of rotatable bonds is 3. The SMILES string of the molecule is CCOc1oc(C)nc1C(=S)NC. The molecule has 0 aromatic carbocycles. The molecule has 1 aromatic heterocycles. The fourth-order valence-electron chi connectivity index (χ4n) is 0.899. The first kappa shape index (κ1) is 9.98. The Kier molecular flexibility index (Phi) is 3.25. The average molecular weight is 200 g/mol. The van der Waals surface area contributed by atoms with Crippen LogP contribution in [0, 0.1) is 6.92 Å². The third kappa shape index (κ3) is 2.18. The molecule has 0 bridgehead atoms. The third-order valence-electron chi connectivity index (χ3n) is 1.42. The molecule has 1 aromatic rings. The lowest BCUT2D eigenvalue weighted by Gasteiger charge is -2.01. The Morgan fingerprint density at radius 3 is 2.92 bits per heavy atom. The molecular weight excluding hydrogens is 188 g/mol. The number of nitrogens with one attached hydrogen (secondary N) is 1. The van der Waals surface area contributed by atoms with Gasteiger partial charge >= 0.3 is 5.95 Å². The second kappa shape index (κ2) is 4.23. The molecule has 0 spiro atoms. The van der Waals surface area contributed by atoms with Crippen molar-refractivity contribution in [1.29, 1.82) is 0 Å². The summed E-state index contributed by atoms with van der Waals surface area (Å²) in [5, 5.41) is 2.82. The molecule has 0 atom stereocenters. The van der Waals surface area contributed by atoms with E-state index in [1.165, 1.54) is 0 Å². The number of thiocarbonyl (C=S) groups is 1. The zero-order valence-corrected chi connectivity index (χ0v) is 8.70. The van der Waals surface area contributed by atoms with Crippen LogP contribution in [0.5, 0.6) is 5.95 Å². The number of hydrogen-bond acceptors (Lipinski definition) is 4. The standard InChI is InChI=1S/C8H12N2O2S/c1-4-11-8-6(7(13)9-3)10-5(2)12-8/h4H2,1-3H3,(H,9,13). The number of hydrogen-bond donors (Lipinski definition) is 1. The van der Waals surface area contributed by atoms with Crippen molar-refractivity contribution in [1.82, 2.24) is 10.3 Å². The van der Waals surface area contributed by atoms with Crippen molar-refractivity contribution >= 4 is 17.2 Å². The number of oxazole rings is 1. The van der Waals surface area contributed by atoms with Crippen molar-refractivity contribution in [3.8, 4) is 5.95 Å². The van der Waals surface area contributed by atoms with E-state index in [2.05, 4.69) is 10.3 Å². The lowest BCUT2D eigenvalue weighted by atomic mass is 10.4. The molecule has 0 aliphatic heterocycles. The normalized spacial score (nSPS) is 9.77. The Bertz CT molecular complexity index is 309. The van der Waals surface area contributed by atoms with Crippen LogP contribution in [0.2, 0.25) is 0 Å². The summed E-state index contributed by atoms with van der Waals surface area (Å²) in [5.41, 5.74) is 0.567. The monoisotopic (exact) mass is 200 g/mol. The number of aryl methyl sites for hydroxylation is 1. The minimum atomic E-state index is 0.388. The highest BCUT2D eigenvalue weighted by Gasteiger charge is 2.15. The molecule has 0 fully saturated rings. The summed E-state index contributed by atoms with van der Waals surface area (Å²) < 4.78 is 10.4. The van der Waals surface area contributed by atoms with Gasteiger partial charge in [0.25, 0.3) is 0 Å². The second-order valence-corrected chi connectivity index (χ2v) is 2.79. The predicted molar refractivity (Wildman–Crippen MR) is 53.2 cm³/mol. The molecule has 1 heterocycles. The van der Waals surface area contributed by atoms with Gasteiger partial charge in [-0.15, -0.1) is 0 Å². The van der Waals surface area contributed by atoms with Crippen LogP contribution < -0.4 is 10.1 Å². The first-order chi connectivity index (χ1) is 6.19. The fraction of sp³-hybridized carbons (Fsp3) is 0.500. The smallest absolute Gasteiger partial charge is 0.316 e. The van der Waals surface area contributed by atoms with E-state index in [4.69, 9.17) is 21.4 Å². The van der Waals surface area contributed by atoms with E-state index in [1.807, 2.05) is 6.92 Å². The molecule has 0 saturated heterocycles. The van der Waals surface area contributed by atoms with Gasteiger partial charge in [0.15, 0.2) is 11.6 Å². The second-order valence-electron chi connectivity index (χ2n) is 2.38. The molecule has 5 heteroatoms. The van der Waals surface area contributed by atoms with Gasteiger partial charge in [0.05, 0.1) is 6.61 Å². The quantitative estimate of drug-likeness (QED) is 0.745. The highest BCUT2D eigenvalue weighted by molar-refractivity contribution is 7.80. The zero-order valence-electron chi connectivity index (χ0n) is 7.88. The molecule has 1 rings (SSSR count). The summed E-state index contributed by atoms with van der Waals surface area (Å²) in [6, 6.07) is 0. The van der Waals surface area contributed by atoms with Crippen LogP contribution in [-0.4, -0.2) is 23.6 Å². The van der Waals surface area contributed by atoms with Gasteiger partial charge in [0, 0.05) is 14.0 Å².